The second-order valence-electron chi connectivity index (χ2n) is 6.69. The van der Waals surface area contributed by atoms with Crippen LogP contribution in [0.4, 0.5) is 36.6 Å². The van der Waals surface area contributed by atoms with E-state index < -0.39 is 43.7 Å². The first-order valence-corrected chi connectivity index (χ1v) is 8.75. The zero-order chi connectivity index (χ0) is 22.1. The van der Waals surface area contributed by atoms with Gasteiger partial charge in [0, 0.05) is 18.2 Å². The van der Waals surface area contributed by atoms with Gasteiger partial charge in [0.15, 0.2) is 6.04 Å². The van der Waals surface area contributed by atoms with Crippen LogP contribution in [0.5, 0.6) is 0 Å². The van der Waals surface area contributed by atoms with Crippen molar-refractivity contribution < 1.29 is 40.3 Å². The second kappa shape index (κ2) is 8.25. The Morgan fingerprint density at radius 1 is 1.20 bits per heavy atom. The lowest BCUT2D eigenvalue weighted by atomic mass is 10.1. The molecule has 164 valence electrons. The Bertz CT molecular complexity index is 898. The van der Waals surface area contributed by atoms with E-state index in [9.17, 15) is 35.5 Å². The molecule has 0 radical (unpaired) electrons. The molecule has 1 unspecified atom stereocenters. The first-order chi connectivity index (χ1) is 14.0. The van der Waals surface area contributed by atoms with Crippen molar-refractivity contribution in [3.8, 4) is 0 Å². The summed E-state index contributed by atoms with van der Waals surface area (Å²) in [5, 5.41) is 3.68. The summed E-state index contributed by atoms with van der Waals surface area (Å²) in [5.41, 5.74) is 0.347. The molecule has 0 N–H and O–H groups in total. The molecular weight excluding hydrogens is 423 g/mol. The number of hydrogen-bond donors (Lipinski definition) is 0. The lowest BCUT2D eigenvalue weighted by molar-refractivity contribution is -0.172. The SMILES string of the molecule is O=C(c1cccc(COCC(F)(F)C(F)F)c1)N1CCC(C(F)(F)F)n2nccc21. The molecule has 2 heterocycles. The largest absolute Gasteiger partial charge is 0.410 e. The Hall–Kier alpha value is -2.63. The number of fused-ring (bicyclic) bond motifs is 1. The van der Waals surface area contributed by atoms with Gasteiger partial charge in [-0.25, -0.2) is 13.5 Å². The van der Waals surface area contributed by atoms with Crippen LogP contribution in [0.3, 0.4) is 0 Å². The molecule has 0 spiro atoms. The maximum atomic E-state index is 13.2. The van der Waals surface area contributed by atoms with Crippen LogP contribution < -0.4 is 4.90 Å². The summed E-state index contributed by atoms with van der Waals surface area (Å²) in [7, 11) is 0. The molecule has 0 aliphatic carbocycles. The molecule has 1 atom stereocenters. The van der Waals surface area contributed by atoms with Gasteiger partial charge in [-0.15, -0.1) is 0 Å². The fourth-order valence-corrected chi connectivity index (χ4v) is 3.08. The van der Waals surface area contributed by atoms with Gasteiger partial charge >= 0.3 is 18.5 Å². The van der Waals surface area contributed by atoms with Crippen molar-refractivity contribution in [2.75, 3.05) is 18.1 Å². The maximum Gasteiger partial charge on any atom is 0.410 e. The van der Waals surface area contributed by atoms with Crippen LogP contribution >= 0.6 is 0 Å². The number of carbonyl (C=O) groups is 1. The summed E-state index contributed by atoms with van der Waals surface area (Å²) in [6.07, 6.45) is -7.61. The van der Waals surface area contributed by atoms with Gasteiger partial charge in [-0.1, -0.05) is 12.1 Å². The number of halogens is 7. The quantitative estimate of drug-likeness (QED) is 0.625. The summed E-state index contributed by atoms with van der Waals surface area (Å²) < 4.78 is 95.0. The van der Waals surface area contributed by atoms with Gasteiger partial charge in [-0.05, 0) is 24.1 Å². The van der Waals surface area contributed by atoms with Crippen molar-refractivity contribution in [1.29, 1.82) is 0 Å². The van der Waals surface area contributed by atoms with Crippen molar-refractivity contribution in [3.63, 3.8) is 0 Å². The number of nitrogens with zero attached hydrogens (tertiary/aromatic N) is 3. The van der Waals surface area contributed by atoms with E-state index in [0.717, 1.165) is 15.8 Å². The van der Waals surface area contributed by atoms with Crippen LogP contribution in [0.25, 0.3) is 0 Å². The average Bonchev–Trinajstić information content (AvgIpc) is 3.15. The predicted molar refractivity (Wildman–Crippen MR) is 90.7 cm³/mol. The van der Waals surface area contributed by atoms with E-state index in [-0.39, 0.29) is 29.9 Å². The van der Waals surface area contributed by atoms with E-state index in [1.165, 1.54) is 30.3 Å². The molecule has 0 fully saturated rings. The zero-order valence-electron chi connectivity index (χ0n) is 15.3. The lowest BCUT2D eigenvalue weighted by Gasteiger charge is -2.33. The number of alkyl halides is 7. The van der Waals surface area contributed by atoms with E-state index >= 15 is 0 Å². The molecule has 1 aliphatic rings. The number of aromatic nitrogens is 2. The van der Waals surface area contributed by atoms with Gasteiger partial charge in [-0.3, -0.25) is 9.69 Å². The summed E-state index contributed by atoms with van der Waals surface area (Å²) in [6.45, 7) is -2.14. The number of rotatable bonds is 6. The molecule has 1 amide bonds. The molecule has 2 aromatic rings. The van der Waals surface area contributed by atoms with Crippen LogP contribution in [-0.4, -0.2) is 47.4 Å². The lowest BCUT2D eigenvalue weighted by Crippen LogP contribution is -2.43. The number of amides is 1. The Morgan fingerprint density at radius 2 is 1.93 bits per heavy atom. The molecule has 12 heteroatoms. The summed E-state index contributed by atoms with van der Waals surface area (Å²) in [6, 6.07) is 5.02. The molecule has 0 saturated carbocycles. The van der Waals surface area contributed by atoms with Crippen LogP contribution in [0, 0.1) is 0 Å². The monoisotopic (exact) mass is 439 g/mol. The van der Waals surface area contributed by atoms with Crippen molar-refractivity contribution >= 4 is 11.7 Å². The van der Waals surface area contributed by atoms with Crippen molar-refractivity contribution in [2.24, 2.45) is 0 Å². The third kappa shape index (κ3) is 4.58. The standard InChI is InChI=1S/C18H16F7N3O2/c19-16(20)17(21,22)10-30-9-11-2-1-3-12(8-11)15(29)27-7-5-13(18(23,24)25)28-14(27)4-6-26-28/h1-4,6,8,13,16H,5,7,9-10H2. The number of anilines is 1. The Kier molecular flexibility index (Phi) is 6.06. The van der Waals surface area contributed by atoms with Crippen LogP contribution in [0.2, 0.25) is 0 Å². The fourth-order valence-electron chi connectivity index (χ4n) is 3.08. The summed E-state index contributed by atoms with van der Waals surface area (Å²) in [5.74, 6) is -4.93. The number of carbonyl (C=O) groups excluding carboxylic acids is 1. The zero-order valence-corrected chi connectivity index (χ0v) is 15.3. The van der Waals surface area contributed by atoms with E-state index in [0.29, 0.717) is 0 Å². The Balaban J connectivity index is 1.73. The molecule has 1 aliphatic heterocycles. The second-order valence-corrected chi connectivity index (χ2v) is 6.69. The van der Waals surface area contributed by atoms with E-state index in [2.05, 4.69) is 9.84 Å². The van der Waals surface area contributed by atoms with Crippen LogP contribution in [0.1, 0.15) is 28.4 Å². The molecular formula is C18H16F7N3O2. The summed E-state index contributed by atoms with van der Waals surface area (Å²) >= 11 is 0. The Morgan fingerprint density at radius 3 is 2.60 bits per heavy atom. The van der Waals surface area contributed by atoms with Crippen LogP contribution in [0.15, 0.2) is 36.5 Å². The first kappa shape index (κ1) is 22.1. The fraction of sp³-hybridized carbons (Fsp3) is 0.444. The molecule has 1 aromatic heterocycles. The first-order valence-electron chi connectivity index (χ1n) is 8.75. The smallest absolute Gasteiger partial charge is 0.370 e. The highest BCUT2D eigenvalue weighted by atomic mass is 19.4. The molecule has 30 heavy (non-hydrogen) atoms. The molecule has 3 rings (SSSR count). The van der Waals surface area contributed by atoms with Crippen molar-refractivity contribution in [1.82, 2.24) is 9.78 Å². The van der Waals surface area contributed by atoms with Crippen molar-refractivity contribution in [3.05, 3.63) is 47.7 Å². The van der Waals surface area contributed by atoms with Gasteiger partial charge in [0.1, 0.15) is 12.4 Å². The topological polar surface area (TPSA) is 47.4 Å². The average molecular weight is 439 g/mol. The number of ether oxygens (including phenoxy) is 1. The van der Waals surface area contributed by atoms with Gasteiger partial charge in [0.2, 0.25) is 0 Å². The highest BCUT2D eigenvalue weighted by Crippen LogP contribution is 2.39. The summed E-state index contributed by atoms with van der Waals surface area (Å²) in [4.78, 5) is 14.0. The minimum absolute atomic E-state index is 0.0215. The molecule has 5 nitrogen and oxygen atoms in total. The molecule has 0 bridgehead atoms. The number of benzene rings is 1. The van der Waals surface area contributed by atoms with Crippen LogP contribution in [-0.2, 0) is 11.3 Å². The van der Waals surface area contributed by atoms with Crippen molar-refractivity contribution in [2.45, 2.75) is 37.6 Å². The highest BCUT2D eigenvalue weighted by Gasteiger charge is 2.46. The van der Waals surface area contributed by atoms with E-state index in [4.69, 9.17) is 0 Å². The minimum Gasteiger partial charge on any atom is -0.370 e. The third-order valence-electron chi connectivity index (χ3n) is 4.53. The van der Waals surface area contributed by atoms with Gasteiger partial charge in [0.05, 0.1) is 12.8 Å². The van der Waals surface area contributed by atoms with Gasteiger partial charge in [0.25, 0.3) is 5.91 Å². The highest BCUT2D eigenvalue weighted by molar-refractivity contribution is 6.05. The number of hydrogen-bond acceptors (Lipinski definition) is 3. The predicted octanol–water partition coefficient (Wildman–Crippen LogP) is 4.45. The van der Waals surface area contributed by atoms with Gasteiger partial charge in [-0.2, -0.15) is 27.1 Å². The third-order valence-corrected chi connectivity index (χ3v) is 4.53. The normalized spacial score (nSPS) is 17.3. The maximum absolute atomic E-state index is 13.2. The van der Waals surface area contributed by atoms with E-state index in [1.807, 2.05) is 0 Å². The van der Waals surface area contributed by atoms with E-state index in [1.54, 1.807) is 0 Å². The minimum atomic E-state index is -4.52. The van der Waals surface area contributed by atoms with Gasteiger partial charge < -0.3 is 4.74 Å². The Labute approximate surface area is 166 Å². The molecule has 0 saturated heterocycles. The molecule has 1 aromatic carbocycles.